The van der Waals surface area contributed by atoms with E-state index in [1.165, 1.54) is 31.3 Å². The van der Waals surface area contributed by atoms with Crippen molar-refractivity contribution in [1.82, 2.24) is 0 Å². The highest BCUT2D eigenvalue weighted by Crippen LogP contribution is 2.75. The summed E-state index contributed by atoms with van der Waals surface area (Å²) in [7, 11) is 0. The highest BCUT2D eigenvalue weighted by Gasteiger charge is 2.68. The van der Waals surface area contributed by atoms with E-state index >= 15 is 0 Å². The monoisotopic (exact) mass is 522 g/mol. The van der Waals surface area contributed by atoms with E-state index in [0.29, 0.717) is 41.3 Å². The van der Waals surface area contributed by atoms with E-state index in [1.807, 2.05) is 13.8 Å². The zero-order valence-electron chi connectivity index (χ0n) is 26.2. The Morgan fingerprint density at radius 3 is 2.24 bits per heavy atom. The Bertz CT molecular complexity index is 1090. The molecule has 3 fully saturated rings. The van der Waals surface area contributed by atoms with Crippen LogP contribution in [0.2, 0.25) is 0 Å². The van der Waals surface area contributed by atoms with Crippen LogP contribution < -0.4 is 0 Å². The van der Waals surface area contributed by atoms with Crippen LogP contribution in [0.1, 0.15) is 115 Å². The molecule has 10 atom stereocenters. The van der Waals surface area contributed by atoms with Crippen molar-refractivity contribution in [2.24, 2.45) is 63.1 Å². The summed E-state index contributed by atoms with van der Waals surface area (Å²) in [6.45, 7) is 26.2. The van der Waals surface area contributed by atoms with Crippen molar-refractivity contribution in [3.8, 4) is 0 Å². The Morgan fingerprint density at radius 1 is 0.974 bits per heavy atom. The van der Waals surface area contributed by atoms with Gasteiger partial charge in [0.2, 0.25) is 0 Å². The molecule has 0 amide bonds. The second kappa shape index (κ2) is 8.56. The van der Waals surface area contributed by atoms with Gasteiger partial charge in [-0.25, -0.2) is 4.79 Å². The van der Waals surface area contributed by atoms with Gasteiger partial charge in [-0.05, 0) is 121 Å². The van der Waals surface area contributed by atoms with Gasteiger partial charge in [0.15, 0.2) is 5.78 Å². The number of allylic oxidation sites excluding steroid dienone is 2. The molecule has 212 valence electrons. The number of cyclic esters (lactones) is 1. The van der Waals surface area contributed by atoms with Crippen LogP contribution in [0.5, 0.6) is 0 Å². The lowest BCUT2D eigenvalue weighted by molar-refractivity contribution is -0.143. The van der Waals surface area contributed by atoms with Crippen LogP contribution >= 0.6 is 0 Å². The van der Waals surface area contributed by atoms with Gasteiger partial charge < -0.3 is 4.74 Å². The summed E-state index contributed by atoms with van der Waals surface area (Å²) in [6.07, 6.45) is 10.7. The summed E-state index contributed by atoms with van der Waals surface area (Å²) >= 11 is 0. The largest absolute Gasteiger partial charge is 0.452 e. The maximum Gasteiger partial charge on any atom is 0.331 e. The van der Waals surface area contributed by atoms with E-state index in [-0.39, 0.29) is 33.5 Å². The maximum atomic E-state index is 13.8. The standard InChI is InChI=1S/C35H54O3/c1-20-14-25-27(36)17-26-30(33(25,9)18-21(20)2)22(3)19-35(11)28(12-13-34(26,35)10)31(5,6)23(4)15-24-16-29(37)38-32(24,7)8/h16-17,20-23,25,28,30H,12-15,18-19H2,1-11H3/t20-,21+,22-,23?,25+,28-,30?,33+,34+,35-/m1/s1. The number of rotatable bonds is 4. The van der Waals surface area contributed by atoms with Crippen LogP contribution in [0.4, 0.5) is 0 Å². The van der Waals surface area contributed by atoms with Crippen LogP contribution in [0, 0.1) is 63.1 Å². The lowest BCUT2D eigenvalue weighted by atomic mass is 9.39. The topological polar surface area (TPSA) is 43.4 Å². The predicted octanol–water partition coefficient (Wildman–Crippen LogP) is 8.58. The number of ketones is 1. The van der Waals surface area contributed by atoms with Crippen LogP contribution in [0.15, 0.2) is 23.3 Å². The van der Waals surface area contributed by atoms with E-state index in [4.69, 9.17) is 4.74 Å². The predicted molar refractivity (Wildman–Crippen MR) is 154 cm³/mol. The van der Waals surface area contributed by atoms with Gasteiger partial charge in [-0.1, -0.05) is 67.9 Å². The maximum absolute atomic E-state index is 13.8. The highest BCUT2D eigenvalue weighted by molar-refractivity contribution is 5.94. The molecule has 2 unspecified atom stereocenters. The minimum atomic E-state index is -0.504. The number of hydrogen-bond donors (Lipinski definition) is 0. The fourth-order valence-electron chi connectivity index (χ4n) is 11.0. The average molecular weight is 523 g/mol. The van der Waals surface area contributed by atoms with Crippen molar-refractivity contribution in [2.75, 3.05) is 0 Å². The average Bonchev–Trinajstić information content (AvgIpc) is 3.20. The summed E-state index contributed by atoms with van der Waals surface area (Å²) < 4.78 is 5.60. The third-order valence-corrected chi connectivity index (χ3v) is 13.9. The first-order valence-corrected chi connectivity index (χ1v) is 15.6. The smallest absolute Gasteiger partial charge is 0.331 e. The normalized spacial score (nSPS) is 46.9. The molecule has 0 spiro atoms. The molecular weight excluding hydrogens is 468 g/mol. The second-order valence-corrected chi connectivity index (χ2v) is 16.5. The minimum absolute atomic E-state index is 0.0623. The van der Waals surface area contributed by atoms with E-state index in [2.05, 4.69) is 68.4 Å². The quantitative estimate of drug-likeness (QED) is 0.347. The first kappa shape index (κ1) is 28.2. The Kier molecular flexibility index (Phi) is 6.34. The Labute approximate surface area is 232 Å². The molecule has 3 heteroatoms. The first-order valence-electron chi connectivity index (χ1n) is 15.6. The molecule has 3 nitrogen and oxygen atoms in total. The van der Waals surface area contributed by atoms with E-state index in [1.54, 1.807) is 6.08 Å². The molecule has 5 aliphatic rings. The van der Waals surface area contributed by atoms with Gasteiger partial charge in [-0.2, -0.15) is 0 Å². The first-order chi connectivity index (χ1) is 17.4. The SMILES string of the molecule is CC(CC1=CC(=O)OC1(C)C)C(C)(C)[C@H]1CC[C@@]2(C)C3=CC(=O)[C@@H]4C[C@@H](C)[C@@H](C)C[C@]4(C)C3[C@H](C)C[C@]12C. The molecule has 0 N–H and O–H groups in total. The summed E-state index contributed by atoms with van der Waals surface area (Å²) in [6, 6.07) is 0. The highest BCUT2D eigenvalue weighted by atomic mass is 16.6. The molecule has 38 heavy (non-hydrogen) atoms. The molecule has 0 bridgehead atoms. The van der Waals surface area contributed by atoms with Crippen LogP contribution in [0.25, 0.3) is 0 Å². The number of hydrogen-bond acceptors (Lipinski definition) is 3. The molecular formula is C35H54O3. The molecule has 1 aliphatic heterocycles. The molecule has 3 saturated carbocycles. The van der Waals surface area contributed by atoms with Gasteiger partial charge in [0.1, 0.15) is 5.60 Å². The molecule has 0 aromatic rings. The lowest BCUT2D eigenvalue weighted by Crippen LogP contribution is -2.59. The number of ether oxygens (including phenoxy) is 1. The van der Waals surface area contributed by atoms with Crippen LogP contribution in [0.3, 0.4) is 0 Å². The van der Waals surface area contributed by atoms with Gasteiger partial charge in [0.05, 0.1) is 0 Å². The second-order valence-electron chi connectivity index (χ2n) is 16.5. The summed E-state index contributed by atoms with van der Waals surface area (Å²) in [5.74, 6) is 3.81. The van der Waals surface area contributed by atoms with Crippen molar-refractivity contribution in [2.45, 2.75) is 120 Å². The lowest BCUT2D eigenvalue weighted by Gasteiger charge is -2.64. The van der Waals surface area contributed by atoms with Crippen molar-refractivity contribution in [3.05, 3.63) is 23.3 Å². The van der Waals surface area contributed by atoms with Crippen molar-refractivity contribution in [3.63, 3.8) is 0 Å². The summed E-state index contributed by atoms with van der Waals surface area (Å²) in [5, 5.41) is 0. The van der Waals surface area contributed by atoms with Crippen LogP contribution in [-0.2, 0) is 14.3 Å². The third kappa shape index (κ3) is 3.72. The van der Waals surface area contributed by atoms with Gasteiger partial charge >= 0.3 is 5.97 Å². The molecule has 0 aromatic heterocycles. The summed E-state index contributed by atoms with van der Waals surface area (Å²) in [5.41, 5.74) is 2.53. The van der Waals surface area contributed by atoms with Crippen molar-refractivity contribution in [1.29, 1.82) is 0 Å². The molecule has 4 aliphatic carbocycles. The number of carbonyl (C=O) groups is 2. The number of fused-ring (bicyclic) bond motifs is 5. The number of esters is 1. The molecule has 0 saturated heterocycles. The Balaban J connectivity index is 1.49. The summed E-state index contributed by atoms with van der Waals surface area (Å²) in [4.78, 5) is 25.9. The van der Waals surface area contributed by atoms with Crippen LogP contribution in [-0.4, -0.2) is 17.4 Å². The minimum Gasteiger partial charge on any atom is -0.452 e. The van der Waals surface area contributed by atoms with Gasteiger partial charge in [-0.3, -0.25) is 4.79 Å². The fourth-order valence-corrected chi connectivity index (χ4v) is 11.0. The number of carbonyl (C=O) groups excluding carboxylic acids is 2. The molecule has 1 heterocycles. The van der Waals surface area contributed by atoms with Gasteiger partial charge in [0, 0.05) is 12.0 Å². The van der Waals surface area contributed by atoms with Gasteiger partial charge in [-0.15, -0.1) is 0 Å². The molecule has 0 radical (unpaired) electrons. The third-order valence-electron chi connectivity index (χ3n) is 13.9. The Hall–Kier alpha value is -1.38. The Morgan fingerprint density at radius 2 is 1.63 bits per heavy atom. The van der Waals surface area contributed by atoms with Crippen molar-refractivity contribution < 1.29 is 14.3 Å². The fraction of sp³-hybridized carbons (Fsp3) is 0.829. The zero-order chi connectivity index (χ0) is 28.2. The molecule has 0 aromatic carbocycles. The van der Waals surface area contributed by atoms with E-state index in [9.17, 15) is 9.59 Å². The van der Waals surface area contributed by atoms with Gasteiger partial charge in [0.25, 0.3) is 0 Å². The zero-order valence-corrected chi connectivity index (χ0v) is 26.2. The van der Waals surface area contributed by atoms with E-state index in [0.717, 1.165) is 18.4 Å². The molecule has 5 rings (SSSR count). The van der Waals surface area contributed by atoms with E-state index < -0.39 is 5.60 Å². The van der Waals surface area contributed by atoms with Crippen molar-refractivity contribution >= 4 is 11.8 Å².